The number of aromatic nitrogens is 2. The van der Waals surface area contributed by atoms with Crippen LogP contribution in [0.25, 0.3) is 0 Å². The molecule has 128 valence electrons. The van der Waals surface area contributed by atoms with Gasteiger partial charge in [0.05, 0.1) is 13.0 Å². The van der Waals surface area contributed by atoms with Gasteiger partial charge in [0.1, 0.15) is 11.6 Å². The summed E-state index contributed by atoms with van der Waals surface area (Å²) in [5, 5.41) is 2.80. The lowest BCUT2D eigenvalue weighted by atomic mass is 10.1. The van der Waals surface area contributed by atoms with Crippen molar-refractivity contribution in [3.05, 3.63) is 57.3 Å². The first-order valence-corrected chi connectivity index (χ1v) is 7.98. The third kappa shape index (κ3) is 5.22. The first kappa shape index (κ1) is 17.7. The summed E-state index contributed by atoms with van der Waals surface area (Å²) in [4.78, 5) is 30.6. The number of carbonyl (C=O) groups excluding carboxylic acids is 1. The van der Waals surface area contributed by atoms with Crippen molar-refractivity contribution in [1.82, 2.24) is 15.3 Å². The minimum Gasteiger partial charge on any atom is -0.494 e. The molecule has 2 N–H and O–H groups in total. The van der Waals surface area contributed by atoms with Crippen LogP contribution in [0.15, 0.2) is 29.1 Å². The summed E-state index contributed by atoms with van der Waals surface area (Å²) in [5.41, 5.74) is 1.94. The monoisotopic (exact) mass is 329 g/mol. The predicted molar refractivity (Wildman–Crippen MR) is 92.3 cm³/mol. The smallest absolute Gasteiger partial charge is 0.254 e. The fourth-order valence-corrected chi connectivity index (χ4v) is 2.31. The van der Waals surface area contributed by atoms with Gasteiger partial charge >= 0.3 is 0 Å². The normalized spacial score (nSPS) is 10.5. The maximum atomic E-state index is 11.9. The van der Waals surface area contributed by atoms with Crippen molar-refractivity contribution < 1.29 is 9.53 Å². The van der Waals surface area contributed by atoms with Gasteiger partial charge in [-0.15, -0.1) is 0 Å². The van der Waals surface area contributed by atoms with Crippen molar-refractivity contribution in [1.29, 1.82) is 0 Å². The fraction of sp³-hybridized carbons (Fsp3) is 0.389. The van der Waals surface area contributed by atoms with Crippen LogP contribution in [0.2, 0.25) is 0 Å². The number of nitrogens with zero attached hydrogens (tertiary/aromatic N) is 1. The lowest BCUT2D eigenvalue weighted by molar-refractivity contribution is -0.120. The highest BCUT2D eigenvalue weighted by Gasteiger charge is 2.11. The van der Waals surface area contributed by atoms with Crippen LogP contribution < -0.4 is 15.6 Å². The van der Waals surface area contributed by atoms with Crippen LogP contribution in [0, 0.1) is 20.8 Å². The van der Waals surface area contributed by atoms with Crippen molar-refractivity contribution in [3.8, 4) is 5.75 Å². The van der Waals surface area contributed by atoms with Gasteiger partial charge in [0.15, 0.2) is 0 Å². The molecule has 0 unspecified atom stereocenters. The van der Waals surface area contributed by atoms with Gasteiger partial charge in [0.2, 0.25) is 5.91 Å². The maximum absolute atomic E-state index is 11.9. The third-order valence-electron chi connectivity index (χ3n) is 3.61. The number of amides is 1. The molecule has 0 bridgehead atoms. The lowest BCUT2D eigenvalue weighted by Crippen LogP contribution is -2.30. The highest BCUT2D eigenvalue weighted by molar-refractivity contribution is 5.78. The quantitative estimate of drug-likeness (QED) is 0.759. The summed E-state index contributed by atoms with van der Waals surface area (Å²) in [5.74, 6) is 1.18. The van der Waals surface area contributed by atoms with Crippen molar-refractivity contribution in [2.45, 2.75) is 33.6 Å². The van der Waals surface area contributed by atoms with Gasteiger partial charge in [-0.05, 0) is 39.3 Å². The molecular weight excluding hydrogens is 306 g/mol. The molecule has 1 amide bonds. The topological polar surface area (TPSA) is 84.1 Å². The second-order valence-electron chi connectivity index (χ2n) is 5.76. The Kier molecular flexibility index (Phi) is 6.12. The molecule has 0 fully saturated rings. The van der Waals surface area contributed by atoms with Crippen molar-refractivity contribution >= 4 is 5.91 Å². The summed E-state index contributed by atoms with van der Waals surface area (Å²) in [6.45, 7) is 6.50. The Labute approximate surface area is 141 Å². The largest absolute Gasteiger partial charge is 0.494 e. The number of aromatic amines is 1. The van der Waals surface area contributed by atoms with Gasteiger partial charge in [0.25, 0.3) is 5.56 Å². The van der Waals surface area contributed by atoms with Gasteiger partial charge in [-0.25, -0.2) is 4.98 Å². The fourth-order valence-electron chi connectivity index (χ4n) is 2.31. The van der Waals surface area contributed by atoms with E-state index in [1.807, 2.05) is 31.2 Å². The predicted octanol–water partition coefficient (Wildman–Crippen LogP) is 1.82. The van der Waals surface area contributed by atoms with E-state index in [0.717, 1.165) is 5.75 Å². The summed E-state index contributed by atoms with van der Waals surface area (Å²) in [6.07, 6.45) is 0.731. The molecule has 0 aliphatic rings. The van der Waals surface area contributed by atoms with E-state index < -0.39 is 0 Å². The van der Waals surface area contributed by atoms with Crippen LogP contribution in [0.3, 0.4) is 0 Å². The third-order valence-corrected chi connectivity index (χ3v) is 3.61. The zero-order valence-corrected chi connectivity index (χ0v) is 14.3. The Hall–Kier alpha value is -2.63. The van der Waals surface area contributed by atoms with Gasteiger partial charge in [-0.1, -0.05) is 17.7 Å². The summed E-state index contributed by atoms with van der Waals surface area (Å²) in [6, 6.07) is 7.83. The van der Waals surface area contributed by atoms with Crippen molar-refractivity contribution in [2.24, 2.45) is 0 Å². The number of rotatable bonds is 7. The molecule has 0 spiro atoms. The highest BCUT2D eigenvalue weighted by Crippen LogP contribution is 2.11. The molecule has 0 atom stereocenters. The van der Waals surface area contributed by atoms with Crippen LogP contribution in [-0.4, -0.2) is 29.0 Å². The number of hydrogen-bond acceptors (Lipinski definition) is 4. The molecule has 0 saturated heterocycles. The number of hydrogen-bond donors (Lipinski definition) is 2. The van der Waals surface area contributed by atoms with Crippen LogP contribution in [0.4, 0.5) is 0 Å². The number of carbonyl (C=O) groups is 1. The second kappa shape index (κ2) is 8.29. The molecule has 6 nitrogen and oxygen atoms in total. The van der Waals surface area contributed by atoms with E-state index in [0.29, 0.717) is 36.7 Å². The Bertz CT molecular complexity index is 751. The van der Waals surface area contributed by atoms with Crippen LogP contribution in [-0.2, 0) is 11.2 Å². The zero-order chi connectivity index (χ0) is 17.5. The number of aryl methyl sites for hydroxylation is 3. The Balaban J connectivity index is 1.72. The van der Waals surface area contributed by atoms with Crippen LogP contribution in [0.1, 0.15) is 29.1 Å². The molecule has 1 heterocycles. The summed E-state index contributed by atoms with van der Waals surface area (Å²) >= 11 is 0. The Morgan fingerprint density at radius 2 is 1.92 bits per heavy atom. The molecule has 2 aromatic rings. The highest BCUT2D eigenvalue weighted by atomic mass is 16.5. The van der Waals surface area contributed by atoms with Gasteiger partial charge < -0.3 is 15.0 Å². The molecular formula is C18H23N3O3. The molecule has 0 radical (unpaired) electrons. The zero-order valence-electron chi connectivity index (χ0n) is 14.3. The van der Waals surface area contributed by atoms with Gasteiger partial charge in [-0.2, -0.15) is 0 Å². The SMILES string of the molecule is Cc1ccc(OCCCNC(=O)Cc2c(C)nc(C)[nH]c2=O)cc1. The molecule has 0 aliphatic heterocycles. The maximum Gasteiger partial charge on any atom is 0.254 e. The Morgan fingerprint density at radius 1 is 1.21 bits per heavy atom. The molecule has 1 aromatic carbocycles. The van der Waals surface area contributed by atoms with E-state index in [4.69, 9.17) is 4.74 Å². The van der Waals surface area contributed by atoms with E-state index >= 15 is 0 Å². The van der Waals surface area contributed by atoms with E-state index in [2.05, 4.69) is 15.3 Å². The number of nitrogens with one attached hydrogen (secondary N) is 2. The van der Waals surface area contributed by atoms with E-state index in [1.54, 1.807) is 13.8 Å². The molecule has 2 rings (SSSR count). The molecule has 6 heteroatoms. The molecule has 24 heavy (non-hydrogen) atoms. The minimum atomic E-state index is -0.252. The number of ether oxygens (including phenoxy) is 1. The van der Waals surface area contributed by atoms with E-state index in [1.165, 1.54) is 5.56 Å². The summed E-state index contributed by atoms with van der Waals surface area (Å²) in [7, 11) is 0. The van der Waals surface area contributed by atoms with Gasteiger partial charge in [-0.3, -0.25) is 9.59 Å². The summed E-state index contributed by atoms with van der Waals surface area (Å²) < 4.78 is 5.60. The van der Waals surface area contributed by atoms with E-state index in [-0.39, 0.29) is 17.9 Å². The Morgan fingerprint density at radius 3 is 2.58 bits per heavy atom. The first-order valence-electron chi connectivity index (χ1n) is 7.98. The molecule has 1 aromatic heterocycles. The lowest BCUT2D eigenvalue weighted by Gasteiger charge is -2.08. The van der Waals surface area contributed by atoms with Gasteiger partial charge in [0, 0.05) is 17.8 Å². The van der Waals surface area contributed by atoms with Crippen LogP contribution >= 0.6 is 0 Å². The molecule has 0 aliphatic carbocycles. The van der Waals surface area contributed by atoms with E-state index in [9.17, 15) is 9.59 Å². The average molecular weight is 329 g/mol. The van der Waals surface area contributed by atoms with Crippen molar-refractivity contribution in [2.75, 3.05) is 13.2 Å². The first-order chi connectivity index (χ1) is 11.5. The average Bonchev–Trinajstić information content (AvgIpc) is 2.52. The van der Waals surface area contributed by atoms with Crippen molar-refractivity contribution in [3.63, 3.8) is 0 Å². The number of H-pyrrole nitrogens is 1. The number of benzene rings is 1. The standard InChI is InChI=1S/C18H23N3O3/c1-12-5-7-15(8-6-12)24-10-4-9-19-17(22)11-16-13(2)20-14(3)21-18(16)23/h5-8H,4,9-11H2,1-3H3,(H,19,22)(H,20,21,23). The van der Waals surface area contributed by atoms with Crippen LogP contribution in [0.5, 0.6) is 5.75 Å². The second-order valence-corrected chi connectivity index (χ2v) is 5.76. The minimum absolute atomic E-state index is 0.0350. The molecule has 0 saturated carbocycles.